The quantitative estimate of drug-likeness (QED) is 0.900. The predicted molar refractivity (Wildman–Crippen MR) is 93.1 cm³/mol. The van der Waals surface area contributed by atoms with Crippen LogP contribution in [0.25, 0.3) is 0 Å². The number of benzene rings is 1. The molecule has 1 aliphatic heterocycles. The maximum absolute atomic E-state index is 11.5. The van der Waals surface area contributed by atoms with Crippen LogP contribution in [0.15, 0.2) is 30.3 Å². The van der Waals surface area contributed by atoms with Crippen molar-refractivity contribution in [3.63, 3.8) is 0 Å². The number of carbonyl (C=O) groups excluding carboxylic acids is 1. The van der Waals surface area contributed by atoms with Gasteiger partial charge in [-0.1, -0.05) is 23.2 Å². The number of hydrogen-bond donors (Lipinski definition) is 1. The van der Waals surface area contributed by atoms with Crippen LogP contribution in [0, 0.1) is 0 Å². The van der Waals surface area contributed by atoms with Gasteiger partial charge in [-0.2, -0.15) is 0 Å². The van der Waals surface area contributed by atoms with Crippen LogP contribution in [-0.4, -0.2) is 42.3 Å². The fourth-order valence-electron chi connectivity index (χ4n) is 2.52. The van der Waals surface area contributed by atoms with E-state index >= 15 is 0 Å². The Bertz CT molecular complexity index is 739. The first kappa shape index (κ1) is 16.8. The van der Waals surface area contributed by atoms with Crippen molar-refractivity contribution in [2.75, 3.05) is 25.0 Å². The summed E-state index contributed by atoms with van der Waals surface area (Å²) in [6.45, 7) is 1.49. The van der Waals surface area contributed by atoms with Crippen LogP contribution in [0.5, 0.6) is 5.75 Å². The molecule has 24 heavy (non-hydrogen) atoms. The number of ether oxygens (including phenoxy) is 1. The molecule has 1 atom stereocenters. The molecule has 0 spiro atoms. The number of amides is 1. The minimum absolute atomic E-state index is 0.0302. The summed E-state index contributed by atoms with van der Waals surface area (Å²) in [5.41, 5.74) is 0.295. The molecule has 1 amide bonds. The average molecular weight is 367 g/mol. The molecule has 3 rings (SSSR count). The highest BCUT2D eigenvalue weighted by atomic mass is 35.5. The molecule has 1 aromatic heterocycles. The van der Waals surface area contributed by atoms with Crippen molar-refractivity contribution in [3.8, 4) is 5.75 Å². The standard InChI is InChI=1S/C16H16Cl2N4O2/c1-19-16(23)14-4-5-15(21-20-14)22-7-6-11(9-22)24-10-2-3-12(17)13(18)8-10/h2-5,8,11H,6-7,9H2,1H3,(H,19,23). The molecule has 2 aromatic rings. The number of aromatic nitrogens is 2. The van der Waals surface area contributed by atoms with Crippen molar-refractivity contribution in [2.45, 2.75) is 12.5 Å². The van der Waals surface area contributed by atoms with E-state index in [1.54, 1.807) is 37.4 Å². The molecule has 1 unspecified atom stereocenters. The van der Waals surface area contributed by atoms with Crippen molar-refractivity contribution in [2.24, 2.45) is 0 Å². The molecule has 8 heteroatoms. The summed E-state index contributed by atoms with van der Waals surface area (Å²) in [6.07, 6.45) is 0.890. The third kappa shape index (κ3) is 3.71. The second-order valence-corrected chi connectivity index (χ2v) is 6.22. The summed E-state index contributed by atoms with van der Waals surface area (Å²) in [5, 5.41) is 11.6. The molecule has 0 aliphatic carbocycles. The highest BCUT2D eigenvalue weighted by Crippen LogP contribution is 2.28. The third-order valence-corrected chi connectivity index (χ3v) is 4.51. The summed E-state index contributed by atoms with van der Waals surface area (Å²) in [7, 11) is 1.56. The predicted octanol–water partition coefficient (Wildman–Crippen LogP) is 2.80. The SMILES string of the molecule is CNC(=O)c1ccc(N2CCC(Oc3ccc(Cl)c(Cl)c3)C2)nn1. The average Bonchev–Trinajstić information content (AvgIpc) is 3.06. The Morgan fingerprint density at radius 2 is 2.08 bits per heavy atom. The number of hydrogen-bond acceptors (Lipinski definition) is 5. The molecule has 1 fully saturated rings. The summed E-state index contributed by atoms with van der Waals surface area (Å²) in [5.74, 6) is 1.16. The van der Waals surface area contributed by atoms with E-state index in [0.717, 1.165) is 18.8 Å². The fourth-order valence-corrected chi connectivity index (χ4v) is 2.81. The lowest BCUT2D eigenvalue weighted by Crippen LogP contribution is -2.26. The van der Waals surface area contributed by atoms with Crippen molar-refractivity contribution >= 4 is 34.9 Å². The van der Waals surface area contributed by atoms with Crippen molar-refractivity contribution in [1.29, 1.82) is 0 Å². The van der Waals surface area contributed by atoms with Gasteiger partial charge in [-0.05, 0) is 24.3 Å². The van der Waals surface area contributed by atoms with E-state index in [-0.39, 0.29) is 12.0 Å². The summed E-state index contributed by atoms with van der Waals surface area (Å²) < 4.78 is 5.95. The van der Waals surface area contributed by atoms with Crippen molar-refractivity contribution in [3.05, 3.63) is 46.1 Å². The van der Waals surface area contributed by atoms with Crippen molar-refractivity contribution < 1.29 is 9.53 Å². The molecule has 1 aromatic carbocycles. The van der Waals surface area contributed by atoms with Gasteiger partial charge in [0.2, 0.25) is 0 Å². The van der Waals surface area contributed by atoms with Gasteiger partial charge in [0.1, 0.15) is 11.9 Å². The first-order valence-corrected chi connectivity index (χ1v) is 8.25. The largest absolute Gasteiger partial charge is 0.488 e. The maximum atomic E-state index is 11.5. The number of halogens is 2. The van der Waals surface area contributed by atoms with Crippen LogP contribution in [0.3, 0.4) is 0 Å². The van der Waals surface area contributed by atoms with Gasteiger partial charge >= 0.3 is 0 Å². The smallest absolute Gasteiger partial charge is 0.271 e. The summed E-state index contributed by atoms with van der Waals surface area (Å²) >= 11 is 11.9. The highest BCUT2D eigenvalue weighted by molar-refractivity contribution is 6.42. The van der Waals surface area contributed by atoms with Gasteiger partial charge in [-0.15, -0.1) is 10.2 Å². The zero-order valence-corrected chi connectivity index (χ0v) is 14.5. The van der Waals surface area contributed by atoms with Crippen molar-refractivity contribution in [1.82, 2.24) is 15.5 Å². The van der Waals surface area contributed by atoms with E-state index in [4.69, 9.17) is 27.9 Å². The van der Waals surface area contributed by atoms with Crippen LogP contribution < -0.4 is 15.0 Å². The lowest BCUT2D eigenvalue weighted by atomic mass is 10.3. The topological polar surface area (TPSA) is 67.4 Å². The van der Waals surface area contributed by atoms with Gasteiger partial charge in [-0.3, -0.25) is 4.79 Å². The summed E-state index contributed by atoms with van der Waals surface area (Å²) in [6, 6.07) is 8.68. The van der Waals surface area contributed by atoms with Gasteiger partial charge < -0.3 is 15.0 Å². The van der Waals surface area contributed by atoms with Gasteiger partial charge in [0.25, 0.3) is 5.91 Å². The van der Waals surface area contributed by atoms with Crippen LogP contribution in [0.1, 0.15) is 16.9 Å². The number of rotatable bonds is 4. The Kier molecular flexibility index (Phi) is 5.06. The maximum Gasteiger partial charge on any atom is 0.271 e. The molecule has 0 bridgehead atoms. The number of nitrogens with one attached hydrogen (secondary N) is 1. The lowest BCUT2D eigenvalue weighted by Gasteiger charge is -2.17. The van der Waals surface area contributed by atoms with Crippen LogP contribution in [-0.2, 0) is 0 Å². The first-order chi connectivity index (χ1) is 11.6. The highest BCUT2D eigenvalue weighted by Gasteiger charge is 2.25. The third-order valence-electron chi connectivity index (χ3n) is 3.77. The van der Waals surface area contributed by atoms with E-state index in [1.807, 2.05) is 0 Å². The number of anilines is 1. The molecule has 1 N–H and O–H groups in total. The molecule has 1 aliphatic rings. The Labute approximate surface area is 149 Å². The van der Waals surface area contributed by atoms with E-state index in [0.29, 0.717) is 28.0 Å². The minimum atomic E-state index is -0.253. The van der Waals surface area contributed by atoms with E-state index in [2.05, 4.69) is 20.4 Å². The Morgan fingerprint density at radius 3 is 2.75 bits per heavy atom. The molecular formula is C16H16Cl2N4O2. The molecule has 2 heterocycles. The number of nitrogens with zero attached hydrogens (tertiary/aromatic N) is 3. The van der Waals surface area contributed by atoms with Crippen LogP contribution in [0.2, 0.25) is 10.0 Å². The molecule has 0 radical (unpaired) electrons. The molecule has 6 nitrogen and oxygen atoms in total. The molecular weight excluding hydrogens is 351 g/mol. The van der Waals surface area contributed by atoms with Gasteiger partial charge in [0, 0.05) is 26.1 Å². The zero-order chi connectivity index (χ0) is 17.1. The van der Waals surface area contributed by atoms with E-state index in [1.165, 1.54) is 0 Å². The Morgan fingerprint density at radius 1 is 1.25 bits per heavy atom. The second kappa shape index (κ2) is 7.23. The first-order valence-electron chi connectivity index (χ1n) is 7.49. The minimum Gasteiger partial charge on any atom is -0.488 e. The molecule has 126 valence electrons. The summed E-state index contributed by atoms with van der Waals surface area (Å²) in [4.78, 5) is 13.6. The Balaban J connectivity index is 1.62. The van der Waals surface area contributed by atoms with Crippen LogP contribution >= 0.6 is 23.2 Å². The number of carbonyl (C=O) groups is 1. The molecule has 1 saturated heterocycles. The van der Waals surface area contributed by atoms with E-state index < -0.39 is 0 Å². The second-order valence-electron chi connectivity index (χ2n) is 5.41. The zero-order valence-electron chi connectivity index (χ0n) is 13.0. The Hall–Kier alpha value is -2.05. The van der Waals surface area contributed by atoms with E-state index in [9.17, 15) is 4.79 Å². The molecule has 0 saturated carbocycles. The van der Waals surface area contributed by atoms with Gasteiger partial charge in [0.15, 0.2) is 11.5 Å². The fraction of sp³-hybridized carbons (Fsp3) is 0.312. The lowest BCUT2D eigenvalue weighted by molar-refractivity contribution is 0.0957. The monoisotopic (exact) mass is 366 g/mol. The van der Waals surface area contributed by atoms with Gasteiger partial charge in [0.05, 0.1) is 16.6 Å². The van der Waals surface area contributed by atoms with Crippen LogP contribution in [0.4, 0.5) is 5.82 Å². The van der Waals surface area contributed by atoms with Gasteiger partial charge in [-0.25, -0.2) is 0 Å². The normalized spacial score (nSPS) is 17.0.